The number of amides is 4. The number of carbonyl (C=O) groups is 4. The van der Waals surface area contributed by atoms with Crippen molar-refractivity contribution in [3.05, 3.63) is 49.1 Å². The predicted octanol–water partition coefficient (Wildman–Crippen LogP) is 2.91. The van der Waals surface area contributed by atoms with Gasteiger partial charge in [0, 0.05) is 18.2 Å². The van der Waals surface area contributed by atoms with E-state index in [1.807, 2.05) is 20.8 Å². The number of nitrogens with zero attached hydrogens (tertiary/aromatic N) is 2. The van der Waals surface area contributed by atoms with Gasteiger partial charge in [-0.1, -0.05) is 45.2 Å². The smallest absolute Gasteiger partial charge is 0.267 e. The van der Waals surface area contributed by atoms with Crippen LogP contribution in [-0.2, 0) is 19.2 Å². The number of imide groups is 2. The highest BCUT2D eigenvalue weighted by atomic mass is 35.5. The van der Waals surface area contributed by atoms with Crippen molar-refractivity contribution in [2.75, 3.05) is 0 Å². The van der Waals surface area contributed by atoms with E-state index < -0.39 is 29.7 Å². The van der Waals surface area contributed by atoms with E-state index in [1.54, 1.807) is 6.08 Å². The molecule has 25 heavy (non-hydrogen) atoms. The fourth-order valence-electron chi connectivity index (χ4n) is 2.23. The number of rotatable bonds is 3. The van der Waals surface area contributed by atoms with Gasteiger partial charge < -0.3 is 0 Å². The topological polar surface area (TPSA) is 74.8 Å². The van der Waals surface area contributed by atoms with E-state index in [0.717, 1.165) is 4.90 Å². The minimum Gasteiger partial charge on any atom is -0.273 e. The van der Waals surface area contributed by atoms with Crippen LogP contribution in [0.3, 0.4) is 0 Å². The standard InChI is InChI=1S/C13H11ClN2O4.C3H6.C2H6/c1-3-7-8(4-2)12(19)15(11(7)18)9-5-6-10(17)16(14)13(9)20;1-3-2;1-2/h3-4,9H,1-2,5-6H2;3H,1H2,2H3;1-2H3. The van der Waals surface area contributed by atoms with Crippen molar-refractivity contribution in [1.29, 1.82) is 0 Å². The molecule has 0 aromatic carbocycles. The Kier molecular flexibility index (Phi) is 9.38. The van der Waals surface area contributed by atoms with Crippen LogP contribution in [-0.4, -0.2) is 39.0 Å². The van der Waals surface area contributed by atoms with Gasteiger partial charge in [-0.25, -0.2) is 0 Å². The molecule has 0 bridgehead atoms. The van der Waals surface area contributed by atoms with E-state index in [4.69, 9.17) is 11.8 Å². The van der Waals surface area contributed by atoms with Gasteiger partial charge in [-0.2, -0.15) is 4.42 Å². The molecular formula is C18H23ClN2O4. The fourth-order valence-corrected chi connectivity index (χ4v) is 2.43. The molecule has 0 N–H and O–H groups in total. The summed E-state index contributed by atoms with van der Waals surface area (Å²) >= 11 is 5.56. The molecule has 0 saturated carbocycles. The number of allylic oxidation sites excluding steroid dienone is 1. The Labute approximate surface area is 153 Å². The lowest BCUT2D eigenvalue weighted by molar-refractivity contribution is -0.154. The summed E-state index contributed by atoms with van der Waals surface area (Å²) in [6.07, 6.45) is 4.29. The van der Waals surface area contributed by atoms with E-state index in [0.29, 0.717) is 4.42 Å². The van der Waals surface area contributed by atoms with Crippen LogP contribution in [0.15, 0.2) is 49.1 Å². The van der Waals surface area contributed by atoms with Gasteiger partial charge in [-0.3, -0.25) is 24.1 Å². The Morgan fingerprint density at radius 2 is 1.40 bits per heavy atom. The maximum atomic E-state index is 12.2. The van der Waals surface area contributed by atoms with Crippen molar-refractivity contribution >= 4 is 35.4 Å². The summed E-state index contributed by atoms with van der Waals surface area (Å²) in [6.45, 7) is 16.2. The van der Waals surface area contributed by atoms with Crippen molar-refractivity contribution < 1.29 is 19.2 Å². The summed E-state index contributed by atoms with van der Waals surface area (Å²) in [6, 6.07) is -1.07. The number of hydrogen-bond donors (Lipinski definition) is 0. The number of halogens is 1. The molecule has 0 aromatic rings. The van der Waals surface area contributed by atoms with E-state index in [1.165, 1.54) is 12.2 Å². The zero-order valence-electron chi connectivity index (χ0n) is 14.8. The molecule has 6 nitrogen and oxygen atoms in total. The molecule has 0 aliphatic carbocycles. The van der Waals surface area contributed by atoms with Crippen LogP contribution in [0, 0.1) is 0 Å². The quantitative estimate of drug-likeness (QED) is 0.437. The minimum atomic E-state index is -1.07. The Balaban J connectivity index is 0.00000104. The maximum Gasteiger partial charge on any atom is 0.267 e. The molecular weight excluding hydrogens is 344 g/mol. The summed E-state index contributed by atoms with van der Waals surface area (Å²) in [5.74, 6) is -2.58. The van der Waals surface area contributed by atoms with Crippen LogP contribution in [0.1, 0.15) is 33.6 Å². The van der Waals surface area contributed by atoms with Gasteiger partial charge >= 0.3 is 0 Å². The second-order valence-corrected chi connectivity index (χ2v) is 5.03. The van der Waals surface area contributed by atoms with Gasteiger partial charge in [0.1, 0.15) is 6.04 Å². The Morgan fingerprint density at radius 1 is 1.00 bits per heavy atom. The van der Waals surface area contributed by atoms with Gasteiger partial charge in [0.25, 0.3) is 17.7 Å². The van der Waals surface area contributed by atoms with Crippen molar-refractivity contribution in [3.8, 4) is 0 Å². The number of carbonyl (C=O) groups excluding carboxylic acids is 4. The van der Waals surface area contributed by atoms with Crippen LogP contribution in [0.25, 0.3) is 0 Å². The monoisotopic (exact) mass is 366 g/mol. The molecule has 136 valence electrons. The molecule has 0 radical (unpaired) electrons. The molecule has 1 saturated heterocycles. The second-order valence-electron chi connectivity index (χ2n) is 4.69. The molecule has 2 aliphatic rings. The van der Waals surface area contributed by atoms with Crippen molar-refractivity contribution in [1.82, 2.24) is 9.32 Å². The lowest BCUT2D eigenvalue weighted by Crippen LogP contribution is -2.53. The first kappa shape index (κ1) is 22.5. The Hall–Kier alpha value is -2.47. The van der Waals surface area contributed by atoms with Gasteiger partial charge in [-0.05, 0) is 13.3 Å². The van der Waals surface area contributed by atoms with Gasteiger partial charge in [0.15, 0.2) is 0 Å². The zero-order valence-corrected chi connectivity index (χ0v) is 15.5. The third-order valence-corrected chi connectivity index (χ3v) is 3.59. The lowest BCUT2D eigenvalue weighted by Gasteiger charge is -2.31. The first-order valence-electron chi connectivity index (χ1n) is 7.82. The molecule has 1 unspecified atom stereocenters. The van der Waals surface area contributed by atoms with Crippen LogP contribution in [0.5, 0.6) is 0 Å². The molecule has 0 spiro atoms. The first-order chi connectivity index (χ1) is 11.8. The number of piperidine rings is 1. The van der Waals surface area contributed by atoms with E-state index in [2.05, 4.69) is 19.7 Å². The highest BCUT2D eigenvalue weighted by Gasteiger charge is 2.46. The second kappa shape index (κ2) is 10.4. The minimum absolute atomic E-state index is 0.0101. The normalized spacial score (nSPS) is 19.8. The molecule has 2 heterocycles. The largest absolute Gasteiger partial charge is 0.273 e. The first-order valence-corrected chi connectivity index (χ1v) is 8.16. The molecule has 1 fully saturated rings. The molecule has 2 rings (SSSR count). The summed E-state index contributed by atoms with van der Waals surface area (Å²) in [5.41, 5.74) is 0.187. The molecule has 7 heteroatoms. The van der Waals surface area contributed by atoms with Crippen molar-refractivity contribution in [2.24, 2.45) is 0 Å². The van der Waals surface area contributed by atoms with Crippen molar-refractivity contribution in [2.45, 2.75) is 39.7 Å². The van der Waals surface area contributed by atoms with Crippen LogP contribution in [0.2, 0.25) is 0 Å². The van der Waals surface area contributed by atoms with Crippen LogP contribution in [0.4, 0.5) is 0 Å². The highest BCUT2D eigenvalue weighted by Crippen LogP contribution is 2.29. The summed E-state index contributed by atoms with van der Waals surface area (Å²) in [5, 5.41) is 0. The Bertz CT molecular complexity index is 607. The molecule has 0 aromatic heterocycles. The average molecular weight is 367 g/mol. The SMILES string of the molecule is C=CC.C=CC1=C(C=C)C(=O)N(C2CCC(=O)N(Cl)C2=O)C1=O.CC. The predicted molar refractivity (Wildman–Crippen MR) is 97.2 cm³/mol. The summed E-state index contributed by atoms with van der Waals surface area (Å²) in [7, 11) is 0. The van der Waals surface area contributed by atoms with E-state index in [9.17, 15) is 19.2 Å². The molecule has 4 amide bonds. The molecule has 2 aliphatic heterocycles. The summed E-state index contributed by atoms with van der Waals surface area (Å²) < 4.78 is 0.425. The van der Waals surface area contributed by atoms with E-state index >= 15 is 0 Å². The molecule has 1 atom stereocenters. The Morgan fingerprint density at radius 3 is 1.76 bits per heavy atom. The summed E-state index contributed by atoms with van der Waals surface area (Å²) in [4.78, 5) is 48.4. The lowest BCUT2D eigenvalue weighted by atomic mass is 10.0. The van der Waals surface area contributed by atoms with Crippen molar-refractivity contribution in [3.63, 3.8) is 0 Å². The van der Waals surface area contributed by atoms with Gasteiger partial charge in [0.2, 0.25) is 5.91 Å². The van der Waals surface area contributed by atoms with Gasteiger partial charge in [-0.15, -0.1) is 6.58 Å². The fraction of sp³-hybridized carbons (Fsp3) is 0.333. The maximum absolute atomic E-state index is 12.2. The van der Waals surface area contributed by atoms with Crippen LogP contribution >= 0.6 is 11.8 Å². The van der Waals surface area contributed by atoms with E-state index in [-0.39, 0.29) is 24.0 Å². The zero-order chi connectivity index (χ0) is 19.7. The van der Waals surface area contributed by atoms with Gasteiger partial charge in [0.05, 0.1) is 11.1 Å². The van der Waals surface area contributed by atoms with Crippen LogP contribution < -0.4 is 0 Å². The average Bonchev–Trinajstić information content (AvgIpc) is 2.85. The third kappa shape index (κ3) is 4.54. The highest BCUT2D eigenvalue weighted by molar-refractivity contribution is 6.32. The third-order valence-electron chi connectivity index (χ3n) is 3.24. The number of hydrogen-bond acceptors (Lipinski definition) is 4.